The highest BCUT2D eigenvalue weighted by Gasteiger charge is 2.32. The Labute approximate surface area is 152 Å². The maximum Gasteiger partial charge on any atom is 0.416 e. The molecule has 140 valence electrons. The molecule has 1 fully saturated rings. The highest BCUT2D eigenvalue weighted by Crippen LogP contribution is 2.36. The second-order valence-corrected chi connectivity index (χ2v) is 8.00. The summed E-state index contributed by atoms with van der Waals surface area (Å²) in [5.41, 5.74) is 0.600. The molecule has 1 aromatic heterocycles. The van der Waals surface area contributed by atoms with E-state index in [0.29, 0.717) is 6.04 Å². The lowest BCUT2D eigenvalue weighted by molar-refractivity contribution is 0.0568. The van der Waals surface area contributed by atoms with Gasteiger partial charge in [-0.25, -0.2) is 9.78 Å². The molecule has 0 saturated carbocycles. The van der Waals surface area contributed by atoms with Gasteiger partial charge in [0.15, 0.2) is 0 Å². The first kappa shape index (κ1) is 19.7. The Morgan fingerprint density at radius 3 is 2.72 bits per heavy atom. The number of amides is 1. The number of carbonyl (C=O) groups excluding carboxylic acids is 1. The summed E-state index contributed by atoms with van der Waals surface area (Å²) in [5.74, 6) is 0.733. The van der Waals surface area contributed by atoms with E-state index >= 15 is 0 Å². The molecule has 1 aliphatic heterocycles. The SMILES string of the molecule is CCN1CCCCC1c1cccnc1N(C(=O)OC(C)(C)C)C(C)C. The Kier molecular flexibility index (Phi) is 6.44. The number of hydrogen-bond acceptors (Lipinski definition) is 4. The first-order chi connectivity index (χ1) is 11.7. The zero-order valence-electron chi connectivity index (χ0n) is 16.6. The van der Waals surface area contributed by atoms with Gasteiger partial charge >= 0.3 is 6.09 Å². The minimum atomic E-state index is -0.528. The van der Waals surface area contributed by atoms with Crippen molar-refractivity contribution in [3.05, 3.63) is 23.9 Å². The number of anilines is 1. The summed E-state index contributed by atoms with van der Waals surface area (Å²) in [6, 6.07) is 4.36. The van der Waals surface area contributed by atoms with Crippen molar-refractivity contribution in [2.45, 2.75) is 78.5 Å². The van der Waals surface area contributed by atoms with Crippen molar-refractivity contribution >= 4 is 11.9 Å². The van der Waals surface area contributed by atoms with Gasteiger partial charge in [0.1, 0.15) is 11.4 Å². The van der Waals surface area contributed by atoms with E-state index in [0.717, 1.165) is 30.9 Å². The zero-order valence-corrected chi connectivity index (χ0v) is 16.6. The third-order valence-corrected chi connectivity index (χ3v) is 4.53. The van der Waals surface area contributed by atoms with Gasteiger partial charge in [-0.15, -0.1) is 0 Å². The number of carbonyl (C=O) groups is 1. The van der Waals surface area contributed by atoms with Gasteiger partial charge < -0.3 is 4.74 Å². The molecule has 2 heterocycles. The lowest BCUT2D eigenvalue weighted by Gasteiger charge is -2.38. The molecule has 0 spiro atoms. The Hall–Kier alpha value is -1.62. The van der Waals surface area contributed by atoms with Gasteiger partial charge in [0.25, 0.3) is 0 Å². The molecule has 1 amide bonds. The molecule has 0 aromatic carbocycles. The van der Waals surface area contributed by atoms with Crippen LogP contribution in [0.2, 0.25) is 0 Å². The van der Waals surface area contributed by atoms with E-state index in [4.69, 9.17) is 4.74 Å². The second kappa shape index (κ2) is 8.17. The highest BCUT2D eigenvalue weighted by molar-refractivity contribution is 5.88. The predicted octanol–water partition coefficient (Wildman–Crippen LogP) is 4.78. The quantitative estimate of drug-likeness (QED) is 0.786. The van der Waals surface area contributed by atoms with Crippen LogP contribution >= 0.6 is 0 Å². The molecule has 1 aliphatic rings. The molecule has 0 bridgehead atoms. The first-order valence-electron chi connectivity index (χ1n) is 9.45. The number of piperidine rings is 1. The molecular weight excluding hydrogens is 314 g/mol. The molecule has 0 radical (unpaired) electrons. The topological polar surface area (TPSA) is 45.7 Å². The lowest BCUT2D eigenvalue weighted by Crippen LogP contribution is -2.43. The minimum Gasteiger partial charge on any atom is -0.443 e. The van der Waals surface area contributed by atoms with Gasteiger partial charge in [0.05, 0.1) is 0 Å². The van der Waals surface area contributed by atoms with E-state index in [1.165, 1.54) is 12.8 Å². The van der Waals surface area contributed by atoms with Gasteiger partial charge in [-0.05, 0) is 66.6 Å². The van der Waals surface area contributed by atoms with Crippen LogP contribution in [0.15, 0.2) is 18.3 Å². The molecule has 25 heavy (non-hydrogen) atoms. The van der Waals surface area contributed by atoms with Crippen LogP contribution in [0.25, 0.3) is 0 Å². The molecule has 1 atom stereocenters. The Balaban J connectivity index is 2.40. The Bertz CT molecular complexity index is 581. The summed E-state index contributed by atoms with van der Waals surface area (Å²) in [4.78, 5) is 21.6. The fourth-order valence-corrected chi connectivity index (χ4v) is 3.45. The maximum absolute atomic E-state index is 12.8. The number of hydrogen-bond donors (Lipinski definition) is 0. The number of nitrogens with zero attached hydrogens (tertiary/aromatic N) is 3. The van der Waals surface area contributed by atoms with Crippen LogP contribution in [0.5, 0.6) is 0 Å². The maximum atomic E-state index is 12.8. The predicted molar refractivity (Wildman–Crippen MR) is 102 cm³/mol. The number of ether oxygens (including phenoxy) is 1. The van der Waals surface area contributed by atoms with E-state index in [-0.39, 0.29) is 12.1 Å². The van der Waals surface area contributed by atoms with Crippen LogP contribution in [0, 0.1) is 0 Å². The third kappa shape index (κ3) is 4.94. The minimum absolute atomic E-state index is 0.0258. The summed E-state index contributed by atoms with van der Waals surface area (Å²) < 4.78 is 5.64. The molecule has 5 heteroatoms. The average Bonchev–Trinajstić information content (AvgIpc) is 2.53. The van der Waals surface area contributed by atoms with Crippen molar-refractivity contribution in [1.82, 2.24) is 9.88 Å². The molecule has 1 aromatic rings. The highest BCUT2D eigenvalue weighted by atomic mass is 16.6. The second-order valence-electron chi connectivity index (χ2n) is 8.00. The lowest BCUT2D eigenvalue weighted by atomic mass is 9.95. The van der Waals surface area contributed by atoms with E-state index < -0.39 is 5.60 Å². The van der Waals surface area contributed by atoms with Crippen LogP contribution in [-0.4, -0.2) is 40.7 Å². The third-order valence-electron chi connectivity index (χ3n) is 4.53. The van der Waals surface area contributed by atoms with Crippen molar-refractivity contribution in [2.75, 3.05) is 18.0 Å². The average molecular weight is 348 g/mol. The van der Waals surface area contributed by atoms with Crippen LogP contribution in [-0.2, 0) is 4.74 Å². The summed E-state index contributed by atoms with van der Waals surface area (Å²) >= 11 is 0. The molecule has 1 saturated heterocycles. The number of aromatic nitrogens is 1. The van der Waals surface area contributed by atoms with Crippen molar-refractivity contribution in [2.24, 2.45) is 0 Å². The normalized spacial score (nSPS) is 19.1. The number of likely N-dealkylation sites (tertiary alicyclic amines) is 1. The van der Waals surface area contributed by atoms with Crippen LogP contribution < -0.4 is 4.90 Å². The van der Waals surface area contributed by atoms with Gasteiger partial charge in [-0.2, -0.15) is 0 Å². The fraction of sp³-hybridized carbons (Fsp3) is 0.700. The molecule has 1 unspecified atom stereocenters. The Morgan fingerprint density at radius 1 is 1.40 bits per heavy atom. The van der Waals surface area contributed by atoms with Crippen molar-refractivity contribution in [3.8, 4) is 0 Å². The first-order valence-corrected chi connectivity index (χ1v) is 9.45. The Morgan fingerprint density at radius 2 is 2.12 bits per heavy atom. The standard InChI is InChI=1S/C20H33N3O2/c1-7-22-14-9-8-12-17(22)16-11-10-13-21-18(16)23(15(2)3)19(24)25-20(4,5)6/h10-11,13,15,17H,7-9,12,14H2,1-6H3. The largest absolute Gasteiger partial charge is 0.443 e. The van der Waals surface area contributed by atoms with Gasteiger partial charge in [0, 0.05) is 23.8 Å². The van der Waals surface area contributed by atoms with E-state index in [2.05, 4.69) is 22.9 Å². The summed E-state index contributed by atoms with van der Waals surface area (Å²) in [6.07, 6.45) is 4.98. The van der Waals surface area contributed by atoms with Gasteiger partial charge in [-0.1, -0.05) is 19.4 Å². The number of pyridine rings is 1. The van der Waals surface area contributed by atoms with Crippen LogP contribution in [0.4, 0.5) is 10.6 Å². The van der Waals surface area contributed by atoms with Crippen LogP contribution in [0.1, 0.15) is 72.4 Å². The van der Waals surface area contributed by atoms with E-state index in [1.807, 2.05) is 40.7 Å². The van der Waals surface area contributed by atoms with Gasteiger partial charge in [0.2, 0.25) is 0 Å². The molecule has 0 aliphatic carbocycles. The van der Waals surface area contributed by atoms with Gasteiger partial charge in [-0.3, -0.25) is 9.80 Å². The smallest absolute Gasteiger partial charge is 0.416 e. The summed E-state index contributed by atoms with van der Waals surface area (Å²) in [6.45, 7) is 14.0. The summed E-state index contributed by atoms with van der Waals surface area (Å²) in [5, 5.41) is 0. The van der Waals surface area contributed by atoms with E-state index in [1.54, 1.807) is 11.1 Å². The molecule has 2 rings (SSSR count). The molecular formula is C20H33N3O2. The zero-order chi connectivity index (χ0) is 18.6. The monoisotopic (exact) mass is 347 g/mol. The molecule has 5 nitrogen and oxygen atoms in total. The van der Waals surface area contributed by atoms with E-state index in [9.17, 15) is 4.79 Å². The van der Waals surface area contributed by atoms with Crippen LogP contribution in [0.3, 0.4) is 0 Å². The molecule has 0 N–H and O–H groups in total. The van der Waals surface area contributed by atoms with Crippen molar-refractivity contribution in [3.63, 3.8) is 0 Å². The van der Waals surface area contributed by atoms with Crippen molar-refractivity contribution in [1.29, 1.82) is 0 Å². The number of rotatable bonds is 4. The fourth-order valence-electron chi connectivity index (χ4n) is 3.45. The van der Waals surface area contributed by atoms with Crippen molar-refractivity contribution < 1.29 is 9.53 Å². The summed E-state index contributed by atoms with van der Waals surface area (Å²) in [7, 11) is 0.